The summed E-state index contributed by atoms with van der Waals surface area (Å²) < 4.78 is 12.6. The molecule has 0 bridgehead atoms. The van der Waals surface area contributed by atoms with Gasteiger partial charge in [-0.05, 0) is 96.2 Å². The molecule has 1 aliphatic heterocycles. The highest BCUT2D eigenvalue weighted by atomic mass is 16.5. The number of allylic oxidation sites excluding steroid dienone is 4. The predicted octanol–water partition coefficient (Wildman–Crippen LogP) is 8.73. The first-order valence-electron chi connectivity index (χ1n) is 18.4. The van der Waals surface area contributed by atoms with Crippen molar-refractivity contribution in [1.29, 1.82) is 0 Å². The molecule has 3 atom stereocenters. The van der Waals surface area contributed by atoms with E-state index in [9.17, 15) is 45.3 Å². The second kappa shape index (κ2) is 14.1. The van der Waals surface area contributed by atoms with Crippen LogP contribution in [0.5, 0.6) is 46.0 Å². The molecule has 11 nitrogen and oxygen atoms in total. The smallest absolute Gasteiger partial charge is 0.200 e. The second-order valence-electron chi connectivity index (χ2n) is 15.7. The van der Waals surface area contributed by atoms with Gasteiger partial charge in [-0.1, -0.05) is 29.4 Å². The van der Waals surface area contributed by atoms with Crippen LogP contribution in [0.25, 0.3) is 22.3 Å². The highest BCUT2D eigenvalue weighted by molar-refractivity contribution is 6.02. The lowest BCUT2D eigenvalue weighted by Crippen LogP contribution is -2.33. The molecule has 0 radical (unpaired) electrons. The van der Waals surface area contributed by atoms with Crippen LogP contribution in [-0.4, -0.2) is 47.1 Å². The average Bonchev–Trinajstić information content (AvgIpc) is 3.10. The van der Waals surface area contributed by atoms with Crippen LogP contribution in [0.4, 0.5) is 0 Å². The van der Waals surface area contributed by atoms with Crippen LogP contribution in [0.15, 0.2) is 87.1 Å². The van der Waals surface area contributed by atoms with Crippen molar-refractivity contribution in [3.05, 3.63) is 116 Å². The summed E-state index contributed by atoms with van der Waals surface area (Å²) in [6.45, 7) is 9.39. The monoisotopic (exact) mass is 760 g/mol. The molecule has 1 aliphatic carbocycles. The minimum atomic E-state index is -1.01. The number of phenols is 7. The molecule has 56 heavy (non-hydrogen) atoms. The molecule has 7 rings (SSSR count). The van der Waals surface area contributed by atoms with Crippen molar-refractivity contribution in [1.82, 2.24) is 0 Å². The van der Waals surface area contributed by atoms with Gasteiger partial charge in [0.05, 0.1) is 11.1 Å². The summed E-state index contributed by atoms with van der Waals surface area (Å²) in [4.78, 5) is 29.4. The Balaban J connectivity index is 1.49. The molecule has 2 aliphatic rings. The van der Waals surface area contributed by atoms with E-state index in [-0.39, 0.29) is 86.1 Å². The van der Waals surface area contributed by atoms with Crippen LogP contribution in [0.3, 0.4) is 0 Å². The first-order valence-corrected chi connectivity index (χ1v) is 18.4. The van der Waals surface area contributed by atoms with Crippen LogP contribution in [0, 0.1) is 5.92 Å². The quantitative estimate of drug-likeness (QED) is 0.0618. The molecule has 7 N–H and O–H groups in total. The van der Waals surface area contributed by atoms with E-state index >= 15 is 0 Å². The summed E-state index contributed by atoms with van der Waals surface area (Å²) in [5.74, 6) is -5.42. The molecule has 11 heteroatoms. The number of ketones is 1. The number of ether oxygens (including phenoxy) is 1. The summed E-state index contributed by atoms with van der Waals surface area (Å²) >= 11 is 0. The maximum atomic E-state index is 14.9. The molecule has 0 unspecified atom stereocenters. The largest absolute Gasteiger partial charge is 0.508 e. The molecule has 1 aromatic heterocycles. The van der Waals surface area contributed by atoms with Crippen LogP contribution >= 0.6 is 0 Å². The van der Waals surface area contributed by atoms with Gasteiger partial charge in [0.2, 0.25) is 5.43 Å². The molecule has 0 saturated heterocycles. The Morgan fingerprint density at radius 3 is 2.25 bits per heavy atom. The van der Waals surface area contributed by atoms with Crippen molar-refractivity contribution in [3.8, 4) is 57.3 Å². The van der Waals surface area contributed by atoms with Gasteiger partial charge in [-0.25, -0.2) is 0 Å². The average molecular weight is 761 g/mol. The molecular formula is C45H44O11. The van der Waals surface area contributed by atoms with Gasteiger partial charge < -0.3 is 44.9 Å². The number of rotatable bonds is 7. The third kappa shape index (κ3) is 6.67. The molecule has 0 fully saturated rings. The van der Waals surface area contributed by atoms with Crippen molar-refractivity contribution in [2.75, 3.05) is 0 Å². The van der Waals surface area contributed by atoms with E-state index < -0.39 is 46.1 Å². The molecular weight excluding hydrogens is 716 g/mol. The number of benzene rings is 4. The van der Waals surface area contributed by atoms with Crippen LogP contribution in [0.2, 0.25) is 0 Å². The first kappa shape index (κ1) is 37.9. The Morgan fingerprint density at radius 1 is 0.875 bits per heavy atom. The number of carbonyl (C=O) groups is 1. The van der Waals surface area contributed by atoms with Gasteiger partial charge in [0, 0.05) is 52.6 Å². The number of hydrogen-bond acceptors (Lipinski definition) is 11. The van der Waals surface area contributed by atoms with Crippen molar-refractivity contribution in [2.45, 2.75) is 77.7 Å². The second-order valence-corrected chi connectivity index (χ2v) is 15.7. The summed E-state index contributed by atoms with van der Waals surface area (Å²) in [6.07, 6.45) is 4.91. The van der Waals surface area contributed by atoms with E-state index in [4.69, 9.17) is 9.15 Å². The SMILES string of the molecule is CC(C)=CCc1c(-c2ccc(O)cc2O)oc2c([C@H]3C=C(C)C[C@@H](C(=O)c4ccc5c(c4O)CCC(C)(C)O5)[C@@H]3c3ccc(O)cc3O)c(O)cc(O)c2c1=O. The summed E-state index contributed by atoms with van der Waals surface area (Å²) in [7, 11) is 0. The topological polar surface area (TPSA) is 198 Å². The molecule has 0 saturated carbocycles. The van der Waals surface area contributed by atoms with Gasteiger partial charge in [0.1, 0.15) is 68.3 Å². The zero-order valence-electron chi connectivity index (χ0n) is 31.7. The normalized spacial score (nSPS) is 18.8. The lowest BCUT2D eigenvalue weighted by atomic mass is 9.65. The van der Waals surface area contributed by atoms with Gasteiger partial charge in [-0.2, -0.15) is 0 Å². The standard InChI is InChI=1S/C45H44O11/c1-21(2)6-9-29-42(54)39-35(51)20-34(50)38(44(39)55-43(29)26-11-8-24(47)19-33(26)49)30-16-22(3)17-31(37(30)25-10-7-23(46)18-32(25)48)41(53)28-12-13-36-27(40(28)52)14-15-45(4,5)56-36/h6-8,10-13,16,18-20,30-31,37,46-52H,9,14-15,17H2,1-5H3/t30-,31+,37+/m0/s1. The predicted molar refractivity (Wildman–Crippen MR) is 210 cm³/mol. The van der Waals surface area contributed by atoms with Gasteiger partial charge in [-0.3, -0.25) is 9.59 Å². The molecule has 5 aromatic rings. The molecule has 290 valence electrons. The molecule has 2 heterocycles. The molecule has 4 aromatic carbocycles. The lowest BCUT2D eigenvalue weighted by molar-refractivity contribution is 0.0830. The van der Waals surface area contributed by atoms with E-state index in [1.54, 1.807) is 25.1 Å². The third-order valence-electron chi connectivity index (χ3n) is 10.9. The van der Waals surface area contributed by atoms with Gasteiger partial charge >= 0.3 is 0 Å². The maximum absolute atomic E-state index is 14.9. The fourth-order valence-electron chi connectivity index (χ4n) is 8.21. The fraction of sp³-hybridized carbons (Fsp3) is 0.289. The minimum Gasteiger partial charge on any atom is -0.508 e. The lowest BCUT2D eigenvalue weighted by Gasteiger charge is -2.38. The Bertz CT molecular complexity index is 2550. The van der Waals surface area contributed by atoms with E-state index in [0.717, 1.165) is 23.8 Å². The Morgan fingerprint density at radius 2 is 1.57 bits per heavy atom. The number of Topliss-reactive ketones (excluding diaryl/α,β-unsaturated/α-hetero) is 1. The number of phenolic OH excluding ortho intramolecular Hbond substituents is 7. The summed E-state index contributed by atoms with van der Waals surface area (Å²) in [5.41, 5.74) is 1.26. The zero-order valence-corrected chi connectivity index (χ0v) is 31.7. The van der Waals surface area contributed by atoms with Gasteiger partial charge in [0.25, 0.3) is 0 Å². The Kier molecular flexibility index (Phi) is 9.52. The van der Waals surface area contributed by atoms with Gasteiger partial charge in [-0.15, -0.1) is 0 Å². The summed E-state index contributed by atoms with van der Waals surface area (Å²) in [5, 5.41) is 77.1. The molecule has 0 amide bonds. The van der Waals surface area contributed by atoms with Crippen molar-refractivity contribution < 1.29 is 49.7 Å². The van der Waals surface area contributed by atoms with Crippen molar-refractivity contribution in [3.63, 3.8) is 0 Å². The molecule has 0 spiro atoms. The maximum Gasteiger partial charge on any atom is 0.200 e. The number of carbonyl (C=O) groups excluding carboxylic acids is 1. The highest BCUT2D eigenvalue weighted by Gasteiger charge is 2.44. The first-order chi connectivity index (χ1) is 26.5. The highest BCUT2D eigenvalue weighted by Crippen LogP contribution is 2.55. The van der Waals surface area contributed by atoms with Crippen molar-refractivity contribution in [2.24, 2.45) is 5.92 Å². The Labute approximate surface area is 322 Å². The van der Waals surface area contributed by atoms with E-state index in [0.29, 0.717) is 29.7 Å². The zero-order chi connectivity index (χ0) is 40.4. The van der Waals surface area contributed by atoms with E-state index in [2.05, 4.69) is 0 Å². The van der Waals surface area contributed by atoms with Crippen molar-refractivity contribution >= 4 is 16.8 Å². The summed E-state index contributed by atoms with van der Waals surface area (Å²) in [6, 6.07) is 12.0. The Hall–Kier alpha value is -6.36. The number of fused-ring (bicyclic) bond motifs is 2. The van der Waals surface area contributed by atoms with Gasteiger partial charge in [0.15, 0.2) is 5.78 Å². The van der Waals surface area contributed by atoms with E-state index in [1.165, 1.54) is 30.3 Å². The van der Waals surface area contributed by atoms with E-state index in [1.807, 2.05) is 27.7 Å². The van der Waals surface area contributed by atoms with Crippen LogP contribution < -0.4 is 10.2 Å². The fourth-order valence-corrected chi connectivity index (χ4v) is 8.21. The number of hydrogen-bond donors (Lipinski definition) is 7. The van der Waals surface area contributed by atoms with Crippen LogP contribution in [-0.2, 0) is 12.8 Å². The minimum absolute atomic E-state index is 0.0165. The number of aromatic hydroxyl groups is 7. The third-order valence-corrected chi connectivity index (χ3v) is 10.9. The van der Waals surface area contributed by atoms with Crippen LogP contribution in [0.1, 0.15) is 91.9 Å².